The monoisotopic (exact) mass is 589 g/mol. The van der Waals surface area contributed by atoms with Gasteiger partial charge in [0.05, 0.1) is 0 Å². The van der Waals surface area contributed by atoms with E-state index in [-0.39, 0.29) is 36.8 Å². The molecule has 0 bridgehead atoms. The van der Waals surface area contributed by atoms with Gasteiger partial charge in [-0.1, -0.05) is 13.2 Å². The fourth-order valence-electron chi connectivity index (χ4n) is 3.52. The first-order valence-corrected chi connectivity index (χ1v) is 15.4. The largest absolute Gasteiger partial charge is 0.500 e. The first-order chi connectivity index (χ1) is 18.6. The topological polar surface area (TPSA) is 159 Å². The van der Waals surface area contributed by atoms with E-state index in [9.17, 15) is 19.2 Å². The molecule has 0 saturated heterocycles. The molecule has 0 saturated carbocycles. The number of esters is 4. The lowest BCUT2D eigenvalue weighted by Crippen LogP contribution is -2.50. The quantitative estimate of drug-likeness (QED) is 0.0896. The van der Waals surface area contributed by atoms with Crippen LogP contribution in [-0.4, -0.2) is 70.6 Å². The van der Waals surface area contributed by atoms with Gasteiger partial charge in [0.25, 0.3) is 0 Å². The number of rotatable bonds is 21. The van der Waals surface area contributed by atoms with Gasteiger partial charge in [-0.05, 0) is 53.9 Å². The second-order valence-corrected chi connectivity index (χ2v) is 12.1. The lowest BCUT2D eigenvalue weighted by atomic mass is 9.86. The van der Waals surface area contributed by atoms with Crippen LogP contribution in [0.2, 0.25) is 6.04 Å². The fraction of sp³-hybridized carbons (Fsp3) is 0.704. The predicted molar refractivity (Wildman–Crippen MR) is 148 cm³/mol. The minimum absolute atomic E-state index is 0.112. The van der Waals surface area contributed by atoms with Gasteiger partial charge in [-0.2, -0.15) is 0 Å². The Labute approximate surface area is 238 Å². The number of carbonyl (C=O) groups excluding carboxylic acids is 4. The summed E-state index contributed by atoms with van der Waals surface area (Å²) in [6.07, 6.45) is -1.88. The van der Waals surface area contributed by atoms with Crippen LogP contribution in [-0.2, 0) is 51.4 Å². The second-order valence-electron chi connectivity index (χ2n) is 9.33. The predicted octanol–water partition coefficient (Wildman–Crippen LogP) is 3.70. The maximum atomic E-state index is 12.5. The molecule has 40 heavy (non-hydrogen) atoms. The van der Waals surface area contributed by atoms with Crippen LogP contribution in [0.5, 0.6) is 0 Å². The third-order valence-electron chi connectivity index (χ3n) is 5.51. The molecule has 0 aromatic rings. The molecule has 0 radical (unpaired) electrons. The Morgan fingerprint density at radius 3 is 1.35 bits per heavy atom. The first kappa shape index (κ1) is 37.4. The molecule has 2 atom stereocenters. The van der Waals surface area contributed by atoms with Crippen molar-refractivity contribution in [1.82, 2.24) is 0 Å². The number of hydrogen-bond acceptors (Lipinski definition) is 12. The van der Waals surface area contributed by atoms with Crippen molar-refractivity contribution in [2.75, 3.05) is 19.8 Å². The van der Waals surface area contributed by atoms with E-state index in [0.717, 1.165) is 0 Å². The van der Waals surface area contributed by atoms with E-state index in [0.29, 0.717) is 32.3 Å². The Bertz CT molecular complexity index is 808. The van der Waals surface area contributed by atoms with Crippen LogP contribution in [0.3, 0.4) is 0 Å². The molecule has 0 aliphatic heterocycles. The summed E-state index contributed by atoms with van der Waals surface area (Å²) in [4.78, 5) is 48.3. The highest BCUT2D eigenvalue weighted by Crippen LogP contribution is 2.29. The average molecular weight is 590 g/mol. The summed E-state index contributed by atoms with van der Waals surface area (Å²) in [6.45, 7) is 19.4. The van der Waals surface area contributed by atoms with Gasteiger partial charge in [-0.15, -0.1) is 0 Å². The molecule has 230 valence electrons. The molecule has 0 aromatic heterocycles. The minimum Gasteiger partial charge on any atom is -0.425 e. The third-order valence-corrected chi connectivity index (χ3v) is 8.56. The molecule has 13 heteroatoms. The molecule has 2 N–H and O–H groups in total. The van der Waals surface area contributed by atoms with Crippen molar-refractivity contribution >= 4 is 32.7 Å². The van der Waals surface area contributed by atoms with Crippen molar-refractivity contribution in [3.05, 3.63) is 24.3 Å². The molecule has 2 unspecified atom stereocenters. The Morgan fingerprint density at radius 1 is 0.700 bits per heavy atom. The lowest BCUT2D eigenvalue weighted by Gasteiger charge is -2.34. The van der Waals surface area contributed by atoms with E-state index in [1.54, 1.807) is 0 Å². The zero-order valence-electron chi connectivity index (χ0n) is 25.0. The minimum atomic E-state index is -3.07. The van der Waals surface area contributed by atoms with Crippen molar-refractivity contribution in [2.45, 2.75) is 105 Å². The fourth-order valence-corrected chi connectivity index (χ4v) is 6.33. The normalized spacial score (nSPS) is 14.3. The molecule has 0 fully saturated rings. The van der Waals surface area contributed by atoms with Gasteiger partial charge in [-0.3, -0.25) is 9.59 Å². The summed E-state index contributed by atoms with van der Waals surface area (Å²) in [5.74, 6) is -2.64. The van der Waals surface area contributed by atoms with Crippen LogP contribution < -0.4 is 5.73 Å². The van der Waals surface area contributed by atoms with Crippen LogP contribution in [0, 0.1) is 0 Å². The van der Waals surface area contributed by atoms with Crippen LogP contribution in [0.4, 0.5) is 0 Å². The molecule has 0 aromatic carbocycles. The van der Waals surface area contributed by atoms with Gasteiger partial charge < -0.3 is 38.0 Å². The lowest BCUT2D eigenvalue weighted by molar-refractivity contribution is -0.183. The van der Waals surface area contributed by atoms with Crippen molar-refractivity contribution in [1.29, 1.82) is 0 Å². The maximum Gasteiger partial charge on any atom is 0.500 e. The van der Waals surface area contributed by atoms with Gasteiger partial charge in [-0.25, -0.2) is 9.59 Å². The SMILES string of the molecule is C=C(C)C(=O)OC(C)OC(=O)CCC(N)(CCC(=O)OC(C)OC(=O)C(=C)C)CC[Si](OCC)(OCC)OCC. The third kappa shape index (κ3) is 15.3. The van der Waals surface area contributed by atoms with Crippen molar-refractivity contribution < 1.29 is 51.4 Å². The standard InChI is InChI=1S/C27H47NO11Si/c1-10-33-40(34-11-2,35-12-3)18-17-27(28,15-13-23(29)36-21(8)38-25(31)19(4)5)16-14-24(30)37-22(9)39-26(32)20(6)7/h21-22H,4,6,10-18,28H2,1-3,5,7-9H3. The van der Waals surface area contributed by atoms with Crippen LogP contribution in [0.25, 0.3) is 0 Å². The Morgan fingerprint density at radius 2 is 1.05 bits per heavy atom. The van der Waals surface area contributed by atoms with Crippen molar-refractivity contribution in [3.63, 3.8) is 0 Å². The number of carbonyl (C=O) groups is 4. The molecule has 12 nitrogen and oxygen atoms in total. The van der Waals surface area contributed by atoms with E-state index < -0.39 is 50.8 Å². The van der Waals surface area contributed by atoms with E-state index >= 15 is 0 Å². The maximum absolute atomic E-state index is 12.5. The summed E-state index contributed by atoms with van der Waals surface area (Å²) in [6, 6.07) is 0.350. The molecule has 0 rings (SSSR count). The smallest absolute Gasteiger partial charge is 0.425 e. The Hall–Kier alpha value is -2.58. The van der Waals surface area contributed by atoms with Gasteiger partial charge in [0, 0.05) is 69.2 Å². The molecule has 0 aliphatic rings. The number of hydrogen-bond donors (Lipinski definition) is 1. The summed E-state index contributed by atoms with van der Waals surface area (Å²) >= 11 is 0. The molecule has 0 spiro atoms. The second kappa shape index (κ2) is 18.7. The Kier molecular flexibility index (Phi) is 17.5. The van der Waals surface area contributed by atoms with Gasteiger partial charge in [0.15, 0.2) is 0 Å². The van der Waals surface area contributed by atoms with Crippen molar-refractivity contribution in [3.8, 4) is 0 Å². The van der Waals surface area contributed by atoms with E-state index in [4.69, 9.17) is 38.0 Å². The molecule has 0 aliphatic carbocycles. The highest BCUT2D eigenvalue weighted by atomic mass is 28.4. The molecule has 0 amide bonds. The molecular formula is C27H47NO11Si. The van der Waals surface area contributed by atoms with Gasteiger partial charge in [0.1, 0.15) is 0 Å². The van der Waals surface area contributed by atoms with Crippen LogP contribution >= 0.6 is 0 Å². The summed E-state index contributed by atoms with van der Waals surface area (Å²) in [5, 5.41) is 0. The molecular weight excluding hydrogens is 542 g/mol. The van der Waals surface area contributed by atoms with E-state index in [1.165, 1.54) is 27.7 Å². The van der Waals surface area contributed by atoms with Crippen LogP contribution in [0.15, 0.2) is 24.3 Å². The highest BCUT2D eigenvalue weighted by molar-refractivity contribution is 6.60. The van der Waals surface area contributed by atoms with Gasteiger partial charge >= 0.3 is 32.7 Å². The summed E-state index contributed by atoms with van der Waals surface area (Å²) < 4.78 is 38.1. The Balaban J connectivity index is 5.49. The van der Waals surface area contributed by atoms with E-state index in [2.05, 4.69) is 13.2 Å². The number of ether oxygens (including phenoxy) is 4. The first-order valence-electron chi connectivity index (χ1n) is 13.4. The summed E-state index contributed by atoms with van der Waals surface area (Å²) in [5.41, 5.74) is 6.04. The average Bonchev–Trinajstić information content (AvgIpc) is 2.85. The highest BCUT2D eigenvalue weighted by Gasteiger charge is 2.43. The number of nitrogens with two attached hydrogens (primary N) is 1. The van der Waals surface area contributed by atoms with E-state index in [1.807, 2.05) is 20.8 Å². The van der Waals surface area contributed by atoms with Gasteiger partial charge in [0.2, 0.25) is 12.6 Å². The van der Waals surface area contributed by atoms with Crippen LogP contribution in [0.1, 0.15) is 80.6 Å². The zero-order valence-corrected chi connectivity index (χ0v) is 26.0. The molecule has 0 heterocycles. The van der Waals surface area contributed by atoms with Crippen molar-refractivity contribution in [2.24, 2.45) is 5.73 Å². The zero-order chi connectivity index (χ0) is 30.9. The summed E-state index contributed by atoms with van der Waals surface area (Å²) in [7, 11) is -3.07.